The number of aromatic nitrogens is 1. The summed E-state index contributed by atoms with van der Waals surface area (Å²) in [4.78, 5) is 33.7. The fraction of sp³-hybridized carbons (Fsp3) is 0.269. The number of nitrogens with one attached hydrogen (secondary N) is 3. The highest BCUT2D eigenvalue weighted by Crippen LogP contribution is 2.33. The zero-order chi connectivity index (χ0) is 25.0. The maximum Gasteiger partial charge on any atom is 0.252 e. The standard InChI is InChI=1S/C26H28FN5O2S/c1-17-15-32(14-13-28-17)16-21-22(18-7-5-4-6-8-18)29-25(35-21)30-24(34)26(2,3)31-23(33)19-9-11-20(27)12-10-19/h4-12,28H,1,13-16H2,2-3H3,(H,31,33)(H,29,30,34). The maximum absolute atomic E-state index is 13.2. The lowest BCUT2D eigenvalue weighted by molar-refractivity contribution is -0.120. The second-order valence-electron chi connectivity index (χ2n) is 8.94. The quantitative estimate of drug-likeness (QED) is 0.463. The monoisotopic (exact) mass is 493 g/mol. The Morgan fingerprint density at radius 3 is 2.57 bits per heavy atom. The van der Waals surface area contributed by atoms with Gasteiger partial charge in [-0.25, -0.2) is 9.37 Å². The molecule has 0 atom stereocenters. The Labute approximate surface area is 208 Å². The van der Waals surface area contributed by atoms with Gasteiger partial charge in [-0.15, -0.1) is 0 Å². The van der Waals surface area contributed by atoms with E-state index in [1.165, 1.54) is 35.6 Å². The highest BCUT2D eigenvalue weighted by Gasteiger charge is 2.31. The maximum atomic E-state index is 13.2. The topological polar surface area (TPSA) is 86.4 Å². The summed E-state index contributed by atoms with van der Waals surface area (Å²) >= 11 is 1.42. The number of carbonyl (C=O) groups excluding carboxylic acids is 2. The van der Waals surface area contributed by atoms with E-state index in [2.05, 4.69) is 27.4 Å². The van der Waals surface area contributed by atoms with Crippen LogP contribution in [0.2, 0.25) is 0 Å². The molecule has 2 heterocycles. The minimum absolute atomic E-state index is 0.271. The van der Waals surface area contributed by atoms with Crippen LogP contribution in [0.15, 0.2) is 66.9 Å². The molecule has 2 amide bonds. The van der Waals surface area contributed by atoms with Crippen molar-refractivity contribution in [1.29, 1.82) is 0 Å². The van der Waals surface area contributed by atoms with Crippen LogP contribution in [-0.2, 0) is 11.3 Å². The Bertz CT molecular complexity index is 1220. The van der Waals surface area contributed by atoms with Crippen LogP contribution in [-0.4, -0.2) is 46.9 Å². The Morgan fingerprint density at radius 1 is 1.17 bits per heavy atom. The number of nitrogens with zero attached hydrogens (tertiary/aromatic N) is 2. The molecular formula is C26H28FN5O2S. The number of carbonyl (C=O) groups is 2. The van der Waals surface area contributed by atoms with Crippen LogP contribution in [0.3, 0.4) is 0 Å². The molecule has 1 saturated heterocycles. The third kappa shape index (κ3) is 6.12. The number of benzene rings is 2. The zero-order valence-corrected chi connectivity index (χ0v) is 20.5. The van der Waals surface area contributed by atoms with E-state index in [1.54, 1.807) is 13.8 Å². The Kier molecular flexibility index (Phi) is 7.28. The molecule has 3 aromatic rings. The first kappa shape index (κ1) is 24.6. The van der Waals surface area contributed by atoms with Crippen molar-refractivity contribution in [2.24, 2.45) is 0 Å². The highest BCUT2D eigenvalue weighted by molar-refractivity contribution is 7.16. The molecule has 2 aromatic carbocycles. The lowest BCUT2D eigenvalue weighted by Gasteiger charge is -2.28. The van der Waals surface area contributed by atoms with Gasteiger partial charge in [-0.05, 0) is 38.1 Å². The molecule has 1 aliphatic rings. The summed E-state index contributed by atoms with van der Waals surface area (Å²) in [5.74, 6) is -1.30. The van der Waals surface area contributed by atoms with Crippen LogP contribution in [0.4, 0.5) is 9.52 Å². The van der Waals surface area contributed by atoms with E-state index in [1.807, 2.05) is 30.3 Å². The number of amides is 2. The molecular weight excluding hydrogens is 465 g/mol. The Balaban J connectivity index is 1.52. The van der Waals surface area contributed by atoms with E-state index in [0.29, 0.717) is 11.7 Å². The first-order valence-corrected chi connectivity index (χ1v) is 12.1. The highest BCUT2D eigenvalue weighted by atomic mass is 32.1. The summed E-state index contributed by atoms with van der Waals surface area (Å²) in [7, 11) is 0. The minimum Gasteiger partial charge on any atom is -0.386 e. The van der Waals surface area contributed by atoms with Gasteiger partial charge in [0.05, 0.1) is 5.69 Å². The molecule has 0 radical (unpaired) electrons. The number of hydrogen-bond acceptors (Lipinski definition) is 6. The zero-order valence-electron chi connectivity index (χ0n) is 19.7. The van der Waals surface area contributed by atoms with Crippen molar-refractivity contribution in [3.63, 3.8) is 0 Å². The van der Waals surface area contributed by atoms with Gasteiger partial charge in [0, 0.05) is 47.9 Å². The fourth-order valence-electron chi connectivity index (χ4n) is 3.74. The van der Waals surface area contributed by atoms with Crippen LogP contribution in [0.5, 0.6) is 0 Å². The van der Waals surface area contributed by atoms with Crippen LogP contribution in [0.25, 0.3) is 11.3 Å². The molecule has 0 unspecified atom stereocenters. The number of halogens is 1. The smallest absolute Gasteiger partial charge is 0.252 e. The summed E-state index contributed by atoms with van der Waals surface area (Å²) in [6, 6.07) is 15.0. The van der Waals surface area contributed by atoms with Crippen molar-refractivity contribution >= 4 is 28.3 Å². The van der Waals surface area contributed by atoms with Gasteiger partial charge in [0.25, 0.3) is 11.8 Å². The molecule has 35 heavy (non-hydrogen) atoms. The molecule has 1 fully saturated rings. The van der Waals surface area contributed by atoms with E-state index >= 15 is 0 Å². The Morgan fingerprint density at radius 2 is 1.89 bits per heavy atom. The van der Waals surface area contributed by atoms with Gasteiger partial charge in [0.1, 0.15) is 11.4 Å². The summed E-state index contributed by atoms with van der Waals surface area (Å²) < 4.78 is 13.2. The average molecular weight is 494 g/mol. The van der Waals surface area contributed by atoms with E-state index in [0.717, 1.165) is 41.5 Å². The van der Waals surface area contributed by atoms with Gasteiger partial charge in [0.15, 0.2) is 5.13 Å². The van der Waals surface area contributed by atoms with E-state index < -0.39 is 23.2 Å². The molecule has 4 rings (SSSR count). The lowest BCUT2D eigenvalue weighted by Crippen LogP contribution is -2.52. The number of hydrogen-bond donors (Lipinski definition) is 3. The summed E-state index contributed by atoms with van der Waals surface area (Å²) in [5.41, 5.74) is 1.82. The average Bonchev–Trinajstić information content (AvgIpc) is 3.21. The molecule has 1 aromatic heterocycles. The molecule has 3 N–H and O–H groups in total. The van der Waals surface area contributed by atoms with Gasteiger partial charge < -0.3 is 10.6 Å². The normalized spacial score (nSPS) is 14.3. The van der Waals surface area contributed by atoms with Crippen LogP contribution in [0.1, 0.15) is 29.1 Å². The third-order valence-electron chi connectivity index (χ3n) is 5.65. The predicted molar refractivity (Wildman–Crippen MR) is 137 cm³/mol. The van der Waals surface area contributed by atoms with Crippen molar-refractivity contribution in [2.75, 3.05) is 25.0 Å². The summed E-state index contributed by atoms with van der Waals surface area (Å²) in [6.45, 7) is 10.4. The van der Waals surface area contributed by atoms with E-state index in [4.69, 9.17) is 4.98 Å². The number of anilines is 1. The minimum atomic E-state index is -1.22. The van der Waals surface area contributed by atoms with Crippen molar-refractivity contribution in [3.8, 4) is 11.3 Å². The largest absolute Gasteiger partial charge is 0.386 e. The van der Waals surface area contributed by atoms with E-state index in [9.17, 15) is 14.0 Å². The number of thiazole rings is 1. The first-order valence-electron chi connectivity index (χ1n) is 11.3. The molecule has 182 valence electrons. The van der Waals surface area contributed by atoms with Crippen molar-refractivity contribution < 1.29 is 14.0 Å². The van der Waals surface area contributed by atoms with Crippen molar-refractivity contribution in [2.45, 2.75) is 25.9 Å². The molecule has 7 nitrogen and oxygen atoms in total. The number of rotatable bonds is 7. The van der Waals surface area contributed by atoms with Gasteiger partial charge >= 0.3 is 0 Å². The van der Waals surface area contributed by atoms with E-state index in [-0.39, 0.29) is 5.56 Å². The first-order chi connectivity index (χ1) is 16.7. The SMILES string of the molecule is C=C1CN(Cc2sc(NC(=O)C(C)(C)NC(=O)c3ccc(F)cc3)nc2-c2ccccc2)CCN1. The number of piperazine rings is 1. The van der Waals surface area contributed by atoms with Gasteiger partial charge in [0.2, 0.25) is 0 Å². The van der Waals surface area contributed by atoms with Gasteiger partial charge in [-0.2, -0.15) is 0 Å². The molecule has 0 aliphatic carbocycles. The van der Waals surface area contributed by atoms with Gasteiger partial charge in [-0.1, -0.05) is 48.2 Å². The van der Waals surface area contributed by atoms with Crippen LogP contribution < -0.4 is 16.0 Å². The van der Waals surface area contributed by atoms with Crippen molar-refractivity contribution in [3.05, 3.63) is 83.1 Å². The van der Waals surface area contributed by atoms with Crippen LogP contribution in [0, 0.1) is 5.82 Å². The van der Waals surface area contributed by atoms with Crippen molar-refractivity contribution in [1.82, 2.24) is 20.5 Å². The second-order valence-corrected chi connectivity index (χ2v) is 10.0. The lowest BCUT2D eigenvalue weighted by atomic mass is 10.0. The Hall–Kier alpha value is -3.56. The summed E-state index contributed by atoms with van der Waals surface area (Å²) in [6.07, 6.45) is 0. The summed E-state index contributed by atoms with van der Waals surface area (Å²) in [5, 5.41) is 9.31. The third-order valence-corrected chi connectivity index (χ3v) is 6.61. The molecule has 1 aliphatic heterocycles. The second kappa shape index (κ2) is 10.4. The fourth-order valence-corrected chi connectivity index (χ4v) is 4.76. The molecule has 0 spiro atoms. The van der Waals surface area contributed by atoms with Gasteiger partial charge in [-0.3, -0.25) is 19.8 Å². The molecule has 0 saturated carbocycles. The molecule has 0 bridgehead atoms. The van der Waals surface area contributed by atoms with Crippen LogP contribution >= 0.6 is 11.3 Å². The molecule has 9 heteroatoms. The predicted octanol–water partition coefficient (Wildman–Crippen LogP) is 4.02.